The van der Waals surface area contributed by atoms with E-state index >= 15 is 0 Å². The summed E-state index contributed by atoms with van der Waals surface area (Å²) in [6.45, 7) is -1.22. The van der Waals surface area contributed by atoms with Crippen LogP contribution in [0.5, 0.6) is 11.5 Å². The Kier molecular flexibility index (Phi) is 5.51. The molecule has 0 atom stereocenters. The quantitative estimate of drug-likeness (QED) is 0.775. The summed E-state index contributed by atoms with van der Waals surface area (Å²) >= 11 is 0. The van der Waals surface area contributed by atoms with Gasteiger partial charge in [-0.3, -0.25) is 4.79 Å². The Labute approximate surface area is 137 Å². The van der Waals surface area contributed by atoms with Gasteiger partial charge in [0.25, 0.3) is 0 Å². The minimum absolute atomic E-state index is 0.0727. The van der Waals surface area contributed by atoms with E-state index in [1.54, 1.807) is 0 Å². The number of aromatic hydroxyl groups is 2. The molecule has 2 N–H and O–H groups in total. The van der Waals surface area contributed by atoms with E-state index in [1.807, 2.05) is 0 Å². The Bertz CT molecular complexity index is 704. The molecule has 0 aromatic heterocycles. The summed E-state index contributed by atoms with van der Waals surface area (Å²) in [5.74, 6) is -2.91. The second-order valence-corrected chi connectivity index (χ2v) is 4.73. The number of phenols is 2. The zero-order valence-corrected chi connectivity index (χ0v) is 12.5. The zero-order valence-electron chi connectivity index (χ0n) is 12.5. The molecule has 124 valence electrons. The van der Waals surface area contributed by atoms with Crippen LogP contribution in [0.1, 0.15) is 20.7 Å². The van der Waals surface area contributed by atoms with Gasteiger partial charge in [0.1, 0.15) is 22.6 Å². The van der Waals surface area contributed by atoms with E-state index in [0.717, 1.165) is 0 Å². The minimum atomic E-state index is -0.867. The Morgan fingerprint density at radius 1 is 0.708 bits per heavy atom. The molecule has 7 nitrogen and oxygen atoms in total. The largest absolute Gasteiger partial charge is 0.507 e. The molecule has 0 saturated heterocycles. The van der Waals surface area contributed by atoms with Crippen molar-refractivity contribution in [1.29, 1.82) is 0 Å². The van der Waals surface area contributed by atoms with Gasteiger partial charge in [-0.05, 0) is 24.3 Å². The lowest BCUT2D eigenvalue weighted by Crippen LogP contribution is -2.20. The molecule has 2 rings (SSSR count). The van der Waals surface area contributed by atoms with Crippen LogP contribution < -0.4 is 0 Å². The molecule has 0 amide bonds. The second-order valence-electron chi connectivity index (χ2n) is 4.73. The van der Waals surface area contributed by atoms with Gasteiger partial charge >= 0.3 is 11.9 Å². The van der Waals surface area contributed by atoms with Crippen molar-refractivity contribution in [3.8, 4) is 11.5 Å². The third-order valence-corrected chi connectivity index (χ3v) is 2.98. The summed E-state index contributed by atoms with van der Waals surface area (Å²) in [7, 11) is 0. The van der Waals surface area contributed by atoms with Gasteiger partial charge in [0, 0.05) is 0 Å². The number of carbonyl (C=O) groups excluding carboxylic acids is 3. The van der Waals surface area contributed by atoms with Gasteiger partial charge in [0.2, 0.25) is 5.78 Å². The highest BCUT2D eigenvalue weighted by molar-refractivity contribution is 5.96. The maximum Gasteiger partial charge on any atom is 0.342 e. The van der Waals surface area contributed by atoms with E-state index in [2.05, 4.69) is 0 Å². The molecule has 2 aromatic rings. The highest BCUT2D eigenvalue weighted by atomic mass is 16.6. The maximum absolute atomic E-state index is 11.7. The van der Waals surface area contributed by atoms with Crippen LogP contribution in [0.2, 0.25) is 0 Å². The number of phenolic OH excluding ortho intramolecular Hbond substituents is 2. The first-order chi connectivity index (χ1) is 11.5. The third kappa shape index (κ3) is 4.33. The van der Waals surface area contributed by atoms with Gasteiger partial charge in [-0.15, -0.1) is 0 Å². The number of Topliss-reactive ketones (excluding diaryl/α,β-unsaturated/α-hetero) is 1. The number of hydrogen-bond acceptors (Lipinski definition) is 7. The van der Waals surface area contributed by atoms with E-state index in [1.165, 1.54) is 48.5 Å². The van der Waals surface area contributed by atoms with E-state index in [9.17, 15) is 24.6 Å². The summed E-state index contributed by atoms with van der Waals surface area (Å²) in [5, 5.41) is 19.0. The van der Waals surface area contributed by atoms with Crippen LogP contribution in [0, 0.1) is 0 Å². The van der Waals surface area contributed by atoms with Crippen LogP contribution in [0.25, 0.3) is 0 Å². The zero-order chi connectivity index (χ0) is 17.5. The predicted octanol–water partition coefficient (Wildman–Crippen LogP) is 1.68. The number of benzene rings is 2. The molecule has 0 spiro atoms. The van der Waals surface area contributed by atoms with Crippen LogP contribution in [0.4, 0.5) is 0 Å². The number of carbonyl (C=O) groups is 3. The predicted molar refractivity (Wildman–Crippen MR) is 81.8 cm³/mol. The Balaban J connectivity index is 1.82. The average molecular weight is 330 g/mol. The minimum Gasteiger partial charge on any atom is -0.507 e. The molecule has 7 heteroatoms. The second kappa shape index (κ2) is 7.77. The van der Waals surface area contributed by atoms with Crippen LogP contribution in [0.3, 0.4) is 0 Å². The fraction of sp³-hybridized carbons (Fsp3) is 0.118. The summed E-state index contributed by atoms with van der Waals surface area (Å²) < 4.78 is 9.49. The van der Waals surface area contributed by atoms with Crippen molar-refractivity contribution in [2.24, 2.45) is 0 Å². The SMILES string of the molecule is O=C(COC(=O)c1ccccc1O)COC(=O)c1ccccc1O. The molecule has 0 saturated carbocycles. The Morgan fingerprint density at radius 2 is 1.08 bits per heavy atom. The molecular weight excluding hydrogens is 316 g/mol. The van der Waals surface area contributed by atoms with Crippen LogP contribution in [-0.2, 0) is 14.3 Å². The Hall–Kier alpha value is -3.35. The number of rotatable bonds is 6. The number of hydrogen-bond donors (Lipinski definition) is 2. The smallest absolute Gasteiger partial charge is 0.342 e. The van der Waals surface area contributed by atoms with Crippen molar-refractivity contribution < 1.29 is 34.1 Å². The van der Waals surface area contributed by atoms with Crippen LogP contribution >= 0.6 is 0 Å². The van der Waals surface area contributed by atoms with Gasteiger partial charge in [-0.25, -0.2) is 9.59 Å². The van der Waals surface area contributed by atoms with Crippen molar-refractivity contribution in [1.82, 2.24) is 0 Å². The lowest BCUT2D eigenvalue weighted by molar-refractivity contribution is -0.125. The number of ketones is 1. The van der Waals surface area contributed by atoms with Crippen molar-refractivity contribution in [3.05, 3.63) is 59.7 Å². The third-order valence-electron chi connectivity index (χ3n) is 2.98. The Morgan fingerprint density at radius 3 is 1.46 bits per heavy atom. The lowest BCUT2D eigenvalue weighted by Gasteiger charge is -2.07. The van der Waals surface area contributed by atoms with E-state index in [-0.39, 0.29) is 22.6 Å². The highest BCUT2D eigenvalue weighted by Crippen LogP contribution is 2.17. The highest BCUT2D eigenvalue weighted by Gasteiger charge is 2.16. The van der Waals surface area contributed by atoms with Gasteiger partial charge in [0.05, 0.1) is 0 Å². The maximum atomic E-state index is 11.7. The first-order valence-corrected chi connectivity index (χ1v) is 6.91. The van der Waals surface area contributed by atoms with E-state index in [0.29, 0.717) is 0 Å². The van der Waals surface area contributed by atoms with Gasteiger partial charge in [-0.2, -0.15) is 0 Å². The first-order valence-electron chi connectivity index (χ1n) is 6.91. The van der Waals surface area contributed by atoms with E-state index in [4.69, 9.17) is 9.47 Å². The molecule has 0 unspecified atom stereocenters. The van der Waals surface area contributed by atoms with Gasteiger partial charge < -0.3 is 19.7 Å². The van der Waals surface area contributed by atoms with Crippen molar-refractivity contribution >= 4 is 17.7 Å². The fourth-order valence-electron chi connectivity index (χ4n) is 1.78. The van der Waals surface area contributed by atoms with E-state index < -0.39 is 30.9 Å². The van der Waals surface area contributed by atoms with Gasteiger partial charge in [0.15, 0.2) is 13.2 Å². The van der Waals surface area contributed by atoms with Crippen LogP contribution in [-0.4, -0.2) is 41.1 Å². The molecular formula is C17H14O7. The molecule has 0 aliphatic rings. The molecule has 24 heavy (non-hydrogen) atoms. The lowest BCUT2D eigenvalue weighted by atomic mass is 10.2. The average Bonchev–Trinajstić information content (AvgIpc) is 2.58. The number of esters is 2. The number of ether oxygens (including phenoxy) is 2. The van der Waals surface area contributed by atoms with Crippen molar-refractivity contribution in [2.45, 2.75) is 0 Å². The molecule has 0 bridgehead atoms. The number of para-hydroxylation sites is 2. The molecule has 0 aliphatic heterocycles. The summed E-state index contributed by atoms with van der Waals surface area (Å²) in [6, 6.07) is 11.5. The molecule has 0 radical (unpaired) electrons. The summed E-state index contributed by atoms with van der Waals surface area (Å²) in [4.78, 5) is 35.0. The van der Waals surface area contributed by atoms with Gasteiger partial charge in [-0.1, -0.05) is 24.3 Å². The monoisotopic (exact) mass is 330 g/mol. The van der Waals surface area contributed by atoms with Crippen molar-refractivity contribution in [3.63, 3.8) is 0 Å². The topological polar surface area (TPSA) is 110 Å². The van der Waals surface area contributed by atoms with Crippen molar-refractivity contribution in [2.75, 3.05) is 13.2 Å². The normalized spacial score (nSPS) is 10.0. The standard InChI is InChI=1S/C17H14O7/c18-11(9-23-16(21)12-5-1-3-7-14(12)19)10-24-17(22)13-6-2-4-8-15(13)20/h1-8,19-20H,9-10H2. The molecule has 0 aliphatic carbocycles. The fourth-order valence-corrected chi connectivity index (χ4v) is 1.78. The summed E-state index contributed by atoms with van der Waals surface area (Å²) in [6.07, 6.45) is 0. The summed E-state index contributed by atoms with van der Waals surface area (Å²) in [5.41, 5.74) is -0.145. The molecule has 0 fully saturated rings. The first kappa shape index (κ1) is 17.0. The van der Waals surface area contributed by atoms with Crippen LogP contribution in [0.15, 0.2) is 48.5 Å². The molecule has 2 aromatic carbocycles. The molecule has 0 heterocycles.